The molecule has 21 heavy (non-hydrogen) atoms. The lowest BCUT2D eigenvalue weighted by Gasteiger charge is -2.37. The highest BCUT2D eigenvalue weighted by Gasteiger charge is 2.31. The van der Waals surface area contributed by atoms with E-state index in [1.807, 2.05) is 0 Å². The average molecular weight is 302 g/mol. The van der Waals surface area contributed by atoms with E-state index in [9.17, 15) is 8.78 Å². The fraction of sp³-hybridized carbons (Fsp3) is 0.882. The van der Waals surface area contributed by atoms with Crippen molar-refractivity contribution in [2.75, 3.05) is 13.2 Å². The maximum absolute atomic E-state index is 12.0. The predicted octanol–water partition coefficient (Wildman–Crippen LogP) is 5.14. The lowest BCUT2D eigenvalue weighted by molar-refractivity contribution is -0.212. The molecule has 0 atom stereocenters. The van der Waals surface area contributed by atoms with E-state index in [0.29, 0.717) is 24.2 Å². The van der Waals surface area contributed by atoms with Crippen LogP contribution < -0.4 is 0 Å². The van der Waals surface area contributed by atoms with Gasteiger partial charge in [-0.15, -0.1) is 0 Å². The Morgan fingerprint density at radius 2 is 1.67 bits per heavy atom. The predicted molar refractivity (Wildman–Crippen MR) is 79.1 cm³/mol. The average Bonchev–Trinajstić information content (AvgIpc) is 2.49. The van der Waals surface area contributed by atoms with E-state index in [1.165, 1.54) is 25.7 Å². The van der Waals surface area contributed by atoms with Crippen LogP contribution in [0.15, 0.2) is 12.2 Å². The first kappa shape index (κ1) is 16.9. The van der Waals surface area contributed by atoms with Crippen molar-refractivity contribution in [1.29, 1.82) is 0 Å². The second-order valence-corrected chi connectivity index (χ2v) is 6.50. The van der Waals surface area contributed by atoms with E-state index in [-0.39, 0.29) is 6.29 Å². The summed E-state index contributed by atoms with van der Waals surface area (Å²) in [6.07, 6.45) is 7.75. The van der Waals surface area contributed by atoms with Gasteiger partial charge in [0.25, 0.3) is 6.08 Å². The Balaban J connectivity index is 1.64. The molecule has 0 amide bonds. The summed E-state index contributed by atoms with van der Waals surface area (Å²) in [4.78, 5) is 0. The molecule has 2 fully saturated rings. The monoisotopic (exact) mass is 302 g/mol. The summed E-state index contributed by atoms with van der Waals surface area (Å²) < 4.78 is 35.6. The number of hydrogen-bond donors (Lipinski definition) is 0. The van der Waals surface area contributed by atoms with Crippen LogP contribution in [0.25, 0.3) is 0 Å². The van der Waals surface area contributed by atoms with Crippen molar-refractivity contribution in [3.05, 3.63) is 12.2 Å². The highest BCUT2D eigenvalue weighted by molar-refractivity contribution is 4.84. The van der Waals surface area contributed by atoms with Gasteiger partial charge in [0.15, 0.2) is 6.29 Å². The fourth-order valence-electron chi connectivity index (χ4n) is 3.61. The minimum atomic E-state index is -1.54. The second-order valence-electron chi connectivity index (χ2n) is 6.50. The summed E-state index contributed by atoms with van der Waals surface area (Å²) >= 11 is 0. The van der Waals surface area contributed by atoms with Gasteiger partial charge in [-0.3, -0.25) is 0 Å². The van der Waals surface area contributed by atoms with E-state index >= 15 is 0 Å². The van der Waals surface area contributed by atoms with Gasteiger partial charge in [0, 0.05) is 5.92 Å². The van der Waals surface area contributed by atoms with Gasteiger partial charge in [-0.1, -0.05) is 26.2 Å². The van der Waals surface area contributed by atoms with Crippen molar-refractivity contribution >= 4 is 0 Å². The first-order valence-corrected chi connectivity index (χ1v) is 8.43. The molecule has 1 aliphatic heterocycles. The van der Waals surface area contributed by atoms with Crippen molar-refractivity contribution in [3.8, 4) is 0 Å². The largest absolute Gasteiger partial charge is 0.352 e. The van der Waals surface area contributed by atoms with Crippen LogP contribution in [-0.4, -0.2) is 19.5 Å². The third-order valence-corrected chi connectivity index (χ3v) is 4.95. The molecule has 1 aliphatic carbocycles. The van der Waals surface area contributed by atoms with Gasteiger partial charge in [0.2, 0.25) is 0 Å². The maximum Gasteiger partial charge on any atom is 0.266 e. The summed E-state index contributed by atoms with van der Waals surface area (Å²) in [6, 6.07) is 0. The normalized spacial score (nSPS) is 33.7. The van der Waals surface area contributed by atoms with Gasteiger partial charge in [-0.05, 0) is 50.0 Å². The van der Waals surface area contributed by atoms with Crippen molar-refractivity contribution in [3.63, 3.8) is 0 Å². The molecular weight excluding hydrogens is 274 g/mol. The number of rotatable bonds is 6. The van der Waals surface area contributed by atoms with Gasteiger partial charge in [0.05, 0.1) is 13.2 Å². The summed E-state index contributed by atoms with van der Waals surface area (Å²) in [5, 5.41) is 0. The Kier molecular flexibility index (Phi) is 7.11. The van der Waals surface area contributed by atoms with Gasteiger partial charge < -0.3 is 9.47 Å². The zero-order chi connectivity index (χ0) is 15.1. The highest BCUT2D eigenvalue weighted by Crippen LogP contribution is 2.37. The fourth-order valence-corrected chi connectivity index (χ4v) is 3.61. The van der Waals surface area contributed by atoms with Crippen molar-refractivity contribution in [2.24, 2.45) is 17.8 Å². The molecule has 0 radical (unpaired) electrons. The SMILES string of the molecule is CCCC1OCC(C2CCC(CCC=C(F)F)CC2)CO1. The number of hydrogen-bond acceptors (Lipinski definition) is 2. The molecule has 122 valence electrons. The smallest absolute Gasteiger partial charge is 0.266 e. The van der Waals surface area contributed by atoms with Crippen molar-refractivity contribution in [1.82, 2.24) is 0 Å². The first-order valence-electron chi connectivity index (χ1n) is 8.43. The zero-order valence-corrected chi connectivity index (χ0v) is 13.0. The zero-order valence-electron chi connectivity index (χ0n) is 13.0. The molecule has 0 bridgehead atoms. The molecule has 4 heteroatoms. The van der Waals surface area contributed by atoms with Crippen LogP contribution in [0.3, 0.4) is 0 Å². The molecule has 0 unspecified atom stereocenters. The van der Waals surface area contributed by atoms with E-state index in [4.69, 9.17) is 9.47 Å². The highest BCUT2D eigenvalue weighted by atomic mass is 19.3. The molecule has 0 N–H and O–H groups in total. The Morgan fingerprint density at radius 3 is 2.24 bits per heavy atom. The molecule has 0 aromatic rings. The maximum atomic E-state index is 12.0. The molecule has 0 aromatic heterocycles. The van der Waals surface area contributed by atoms with Crippen LogP contribution in [0, 0.1) is 17.8 Å². The molecule has 2 aliphatic rings. The van der Waals surface area contributed by atoms with E-state index in [2.05, 4.69) is 6.92 Å². The van der Waals surface area contributed by atoms with E-state index in [0.717, 1.165) is 38.6 Å². The Hall–Kier alpha value is -0.480. The number of ether oxygens (including phenoxy) is 2. The molecule has 2 nitrogen and oxygen atoms in total. The van der Waals surface area contributed by atoms with Crippen LogP contribution >= 0.6 is 0 Å². The number of allylic oxidation sites excluding steroid dienone is 1. The van der Waals surface area contributed by atoms with Crippen molar-refractivity contribution < 1.29 is 18.3 Å². The van der Waals surface area contributed by atoms with Crippen LogP contribution in [0.1, 0.15) is 58.3 Å². The van der Waals surface area contributed by atoms with Gasteiger partial charge in [-0.25, -0.2) is 0 Å². The molecule has 1 saturated heterocycles. The quantitative estimate of drug-likeness (QED) is 0.676. The van der Waals surface area contributed by atoms with Gasteiger partial charge in [0.1, 0.15) is 0 Å². The van der Waals surface area contributed by atoms with Crippen LogP contribution in [0.4, 0.5) is 8.78 Å². The first-order chi connectivity index (χ1) is 10.2. The topological polar surface area (TPSA) is 18.5 Å². The third kappa shape index (κ3) is 5.67. The van der Waals surface area contributed by atoms with E-state index < -0.39 is 6.08 Å². The van der Waals surface area contributed by atoms with Crippen LogP contribution in [-0.2, 0) is 9.47 Å². The minimum Gasteiger partial charge on any atom is -0.352 e. The van der Waals surface area contributed by atoms with Gasteiger partial charge >= 0.3 is 0 Å². The summed E-state index contributed by atoms with van der Waals surface area (Å²) in [5.41, 5.74) is 0. The second kappa shape index (κ2) is 8.84. The minimum absolute atomic E-state index is 0.00460. The summed E-state index contributed by atoms with van der Waals surface area (Å²) in [5.74, 6) is 1.84. The lowest BCUT2D eigenvalue weighted by Crippen LogP contribution is -2.37. The number of halogens is 2. The molecule has 0 aromatic carbocycles. The molecule has 1 saturated carbocycles. The Labute approximate surface area is 126 Å². The molecule has 0 spiro atoms. The summed E-state index contributed by atoms with van der Waals surface area (Å²) in [6.45, 7) is 3.80. The molecule has 1 heterocycles. The standard InChI is InChI=1S/C17H28F2O2/c1-2-4-17-20-11-15(12-21-17)14-9-7-13(8-10-14)5-3-6-16(18)19/h6,13-15,17H,2-5,7-12H2,1H3. The summed E-state index contributed by atoms with van der Waals surface area (Å²) in [7, 11) is 0. The van der Waals surface area contributed by atoms with Crippen LogP contribution in [0.2, 0.25) is 0 Å². The van der Waals surface area contributed by atoms with Crippen LogP contribution in [0.5, 0.6) is 0 Å². The third-order valence-electron chi connectivity index (χ3n) is 4.95. The Morgan fingerprint density at radius 1 is 1.00 bits per heavy atom. The Bertz CT molecular complexity index is 313. The van der Waals surface area contributed by atoms with Gasteiger partial charge in [-0.2, -0.15) is 8.78 Å². The lowest BCUT2D eigenvalue weighted by atomic mass is 9.75. The molecular formula is C17H28F2O2. The van der Waals surface area contributed by atoms with E-state index in [1.54, 1.807) is 0 Å². The van der Waals surface area contributed by atoms with Crippen molar-refractivity contribution in [2.45, 2.75) is 64.6 Å². The molecule has 2 rings (SSSR count).